The molecular weight excluding hydrogens is 502 g/mol. The molecule has 1 aromatic heterocycles. The van der Waals surface area contributed by atoms with Crippen LogP contribution in [0.25, 0.3) is 23.0 Å². The first kappa shape index (κ1) is 27.1. The van der Waals surface area contributed by atoms with Gasteiger partial charge in [-0.1, -0.05) is 68.4 Å². The van der Waals surface area contributed by atoms with Gasteiger partial charge in [0.05, 0.1) is 22.9 Å². The van der Waals surface area contributed by atoms with Gasteiger partial charge in [0.1, 0.15) is 10.1 Å². The smallest absolute Gasteiger partial charge is 0.266 e. The molecule has 0 saturated carbocycles. The highest BCUT2D eigenvalue weighted by molar-refractivity contribution is 8.26. The van der Waals surface area contributed by atoms with Crippen LogP contribution in [-0.4, -0.2) is 51.8 Å². The predicted octanol–water partition coefficient (Wildman–Crippen LogP) is 6.74. The Kier molecular flexibility index (Phi) is 9.93. The number of ether oxygens (including phenoxy) is 2. The lowest BCUT2D eigenvalue weighted by Gasteiger charge is -2.13. The van der Waals surface area contributed by atoms with Gasteiger partial charge in [0.15, 0.2) is 0 Å². The van der Waals surface area contributed by atoms with Crippen molar-refractivity contribution in [2.24, 2.45) is 0 Å². The molecule has 1 amide bonds. The molecule has 1 saturated heterocycles. The van der Waals surface area contributed by atoms with E-state index in [0.717, 1.165) is 47.7 Å². The van der Waals surface area contributed by atoms with Crippen molar-refractivity contribution in [3.05, 3.63) is 71.3 Å². The molecule has 4 rings (SSSR count). The summed E-state index contributed by atoms with van der Waals surface area (Å²) in [5.41, 5.74) is 3.55. The summed E-state index contributed by atoms with van der Waals surface area (Å²) in [7, 11) is 1.66. The zero-order valence-corrected chi connectivity index (χ0v) is 23.0. The van der Waals surface area contributed by atoms with E-state index in [1.165, 1.54) is 31.0 Å². The fraction of sp³-hybridized carbons (Fsp3) is 0.345. The van der Waals surface area contributed by atoms with Gasteiger partial charge in [0.25, 0.3) is 5.91 Å². The normalized spacial score (nSPS) is 14.6. The molecule has 1 fully saturated rings. The van der Waals surface area contributed by atoms with E-state index in [0.29, 0.717) is 22.4 Å². The van der Waals surface area contributed by atoms with Crippen molar-refractivity contribution >= 4 is 40.3 Å². The Morgan fingerprint density at radius 2 is 1.78 bits per heavy atom. The highest BCUT2D eigenvalue weighted by Crippen LogP contribution is 2.35. The lowest BCUT2D eigenvalue weighted by Crippen LogP contribution is -2.29. The Morgan fingerprint density at radius 3 is 2.51 bits per heavy atom. The highest BCUT2D eigenvalue weighted by Gasteiger charge is 2.32. The average molecular weight is 536 g/mol. The van der Waals surface area contributed by atoms with Gasteiger partial charge >= 0.3 is 0 Å². The number of hydrogen-bond donors (Lipinski definition) is 0. The third-order valence-electron chi connectivity index (χ3n) is 6.05. The van der Waals surface area contributed by atoms with E-state index in [1.807, 2.05) is 71.6 Å². The van der Waals surface area contributed by atoms with Crippen LogP contribution < -0.4 is 4.74 Å². The van der Waals surface area contributed by atoms with E-state index >= 15 is 0 Å². The minimum Gasteiger partial charge on any atom is -0.494 e. The van der Waals surface area contributed by atoms with Crippen LogP contribution in [0.15, 0.2) is 65.7 Å². The summed E-state index contributed by atoms with van der Waals surface area (Å²) in [5, 5.41) is 4.89. The van der Waals surface area contributed by atoms with E-state index in [2.05, 4.69) is 6.92 Å². The number of methoxy groups -OCH3 is 1. The maximum Gasteiger partial charge on any atom is 0.266 e. The predicted molar refractivity (Wildman–Crippen MR) is 155 cm³/mol. The second-order valence-corrected chi connectivity index (χ2v) is 10.5. The van der Waals surface area contributed by atoms with Crippen LogP contribution in [0.1, 0.15) is 44.6 Å². The zero-order chi connectivity index (χ0) is 26.0. The molecule has 1 aliphatic rings. The van der Waals surface area contributed by atoms with E-state index in [-0.39, 0.29) is 5.91 Å². The second kappa shape index (κ2) is 13.6. The molecule has 2 aromatic carbocycles. The molecule has 6 nitrogen and oxygen atoms in total. The monoisotopic (exact) mass is 535 g/mol. The van der Waals surface area contributed by atoms with Crippen LogP contribution in [-0.2, 0) is 9.53 Å². The molecule has 0 radical (unpaired) electrons. The second-order valence-electron chi connectivity index (χ2n) is 8.83. The van der Waals surface area contributed by atoms with E-state index in [9.17, 15) is 4.79 Å². The van der Waals surface area contributed by atoms with Crippen molar-refractivity contribution in [3.63, 3.8) is 0 Å². The Hall–Kier alpha value is -2.94. The fourth-order valence-electron chi connectivity index (χ4n) is 4.06. The van der Waals surface area contributed by atoms with Crippen LogP contribution in [0, 0.1) is 0 Å². The Labute approximate surface area is 228 Å². The molecule has 0 atom stereocenters. The Balaban J connectivity index is 1.59. The number of benzene rings is 2. The molecule has 194 valence electrons. The van der Waals surface area contributed by atoms with Crippen LogP contribution in [0.2, 0.25) is 0 Å². The number of nitrogens with zero attached hydrogens (tertiary/aromatic N) is 3. The van der Waals surface area contributed by atoms with Gasteiger partial charge in [0, 0.05) is 37.6 Å². The molecule has 37 heavy (non-hydrogen) atoms. The van der Waals surface area contributed by atoms with E-state index in [4.69, 9.17) is 26.8 Å². The first-order chi connectivity index (χ1) is 18.1. The molecule has 2 heterocycles. The quantitative estimate of drug-likeness (QED) is 0.137. The van der Waals surface area contributed by atoms with Gasteiger partial charge in [-0.05, 0) is 55.3 Å². The number of para-hydroxylation sites is 1. The van der Waals surface area contributed by atoms with Gasteiger partial charge in [-0.3, -0.25) is 9.69 Å². The first-order valence-corrected chi connectivity index (χ1v) is 14.0. The summed E-state index contributed by atoms with van der Waals surface area (Å²) >= 11 is 6.82. The maximum absolute atomic E-state index is 13.1. The largest absolute Gasteiger partial charge is 0.494 e. The van der Waals surface area contributed by atoms with Crippen molar-refractivity contribution < 1.29 is 14.3 Å². The van der Waals surface area contributed by atoms with E-state index in [1.54, 1.807) is 12.0 Å². The van der Waals surface area contributed by atoms with Crippen molar-refractivity contribution in [2.75, 3.05) is 26.9 Å². The third-order valence-corrected chi connectivity index (χ3v) is 7.43. The summed E-state index contributed by atoms with van der Waals surface area (Å²) in [6, 6.07) is 18.0. The average Bonchev–Trinajstić information content (AvgIpc) is 3.46. The summed E-state index contributed by atoms with van der Waals surface area (Å²) in [5.74, 6) is 0.776. The number of carbonyl (C=O) groups is 1. The molecule has 0 N–H and O–H groups in total. The van der Waals surface area contributed by atoms with Gasteiger partial charge in [-0.15, -0.1) is 0 Å². The number of hydrogen-bond acceptors (Lipinski definition) is 6. The minimum absolute atomic E-state index is 0.0728. The van der Waals surface area contributed by atoms with Crippen LogP contribution in [0.5, 0.6) is 5.75 Å². The minimum atomic E-state index is -0.0728. The maximum atomic E-state index is 13.1. The van der Waals surface area contributed by atoms with Gasteiger partial charge < -0.3 is 9.47 Å². The topological polar surface area (TPSA) is 56.6 Å². The van der Waals surface area contributed by atoms with Crippen LogP contribution in [0.3, 0.4) is 0 Å². The van der Waals surface area contributed by atoms with Crippen molar-refractivity contribution in [2.45, 2.75) is 39.0 Å². The number of aromatic nitrogens is 2. The number of thioether (sulfide) groups is 1. The van der Waals surface area contributed by atoms with Gasteiger partial charge in [0.2, 0.25) is 0 Å². The molecule has 1 aliphatic heterocycles. The fourth-order valence-corrected chi connectivity index (χ4v) is 5.36. The third kappa shape index (κ3) is 7.09. The van der Waals surface area contributed by atoms with Crippen molar-refractivity contribution in [1.29, 1.82) is 0 Å². The number of rotatable bonds is 13. The summed E-state index contributed by atoms with van der Waals surface area (Å²) < 4.78 is 13.5. The highest BCUT2D eigenvalue weighted by atomic mass is 32.2. The lowest BCUT2D eigenvalue weighted by atomic mass is 10.1. The van der Waals surface area contributed by atoms with Crippen molar-refractivity contribution in [3.8, 4) is 22.7 Å². The standard InChI is InChI=1S/C29H33N3O3S2/c1-3-4-5-9-19-35-25-15-13-22(14-16-25)27-23(21-32(30-27)24-11-7-6-8-12-24)20-26-28(33)31(29(36)37-26)17-10-18-34-2/h6-8,11-16,20-21H,3-5,9-10,17-19H2,1-2H3/b26-20-. The number of thiocarbonyl (C=S) groups is 1. The number of carbonyl (C=O) groups excluding carboxylic acids is 1. The summed E-state index contributed by atoms with van der Waals surface area (Å²) in [6.07, 6.45) is 9.29. The molecule has 0 spiro atoms. The number of amides is 1. The summed E-state index contributed by atoms with van der Waals surface area (Å²) in [6.45, 7) is 4.06. The Morgan fingerprint density at radius 1 is 1.00 bits per heavy atom. The summed E-state index contributed by atoms with van der Waals surface area (Å²) in [4.78, 5) is 15.4. The molecule has 3 aromatic rings. The molecule has 8 heteroatoms. The van der Waals surface area contributed by atoms with Gasteiger partial charge in [-0.2, -0.15) is 5.10 Å². The van der Waals surface area contributed by atoms with Gasteiger partial charge in [-0.25, -0.2) is 4.68 Å². The van der Waals surface area contributed by atoms with Crippen molar-refractivity contribution in [1.82, 2.24) is 14.7 Å². The molecule has 0 unspecified atom stereocenters. The Bertz CT molecular complexity index is 1220. The SMILES string of the molecule is CCCCCCOc1ccc(-c2nn(-c3ccccc3)cc2/C=C2\SC(=S)N(CCCOC)C2=O)cc1. The van der Waals surface area contributed by atoms with Crippen LogP contribution >= 0.6 is 24.0 Å². The van der Waals surface area contributed by atoms with Crippen LogP contribution in [0.4, 0.5) is 0 Å². The lowest BCUT2D eigenvalue weighted by molar-refractivity contribution is -0.122. The molecular formula is C29H33N3O3S2. The molecule has 0 aliphatic carbocycles. The molecule has 0 bridgehead atoms. The number of unbranched alkanes of at least 4 members (excludes halogenated alkanes) is 3. The van der Waals surface area contributed by atoms with E-state index < -0.39 is 0 Å². The zero-order valence-electron chi connectivity index (χ0n) is 21.4. The first-order valence-electron chi connectivity index (χ1n) is 12.7.